The van der Waals surface area contributed by atoms with Crippen LogP contribution >= 0.6 is 11.8 Å². The van der Waals surface area contributed by atoms with Gasteiger partial charge in [0.05, 0.1) is 16.1 Å². The van der Waals surface area contributed by atoms with Crippen LogP contribution in [0.25, 0.3) is 0 Å². The van der Waals surface area contributed by atoms with Crippen molar-refractivity contribution < 1.29 is 13.2 Å². The van der Waals surface area contributed by atoms with Crippen molar-refractivity contribution in [2.24, 2.45) is 0 Å². The molecule has 0 aromatic heterocycles. The molecule has 30 heavy (non-hydrogen) atoms. The van der Waals surface area contributed by atoms with Gasteiger partial charge in [-0.1, -0.05) is 44.9 Å². The number of nitrogens with one attached hydrogen (secondary N) is 1. The van der Waals surface area contributed by atoms with E-state index in [0.29, 0.717) is 11.3 Å². The van der Waals surface area contributed by atoms with E-state index in [1.165, 1.54) is 17.8 Å². The Bertz CT molecular complexity index is 995. The Hall–Kier alpha value is -1.99. The second-order valence-corrected chi connectivity index (χ2v) is 10.4. The van der Waals surface area contributed by atoms with Gasteiger partial charge in [0.25, 0.3) is 15.9 Å². The van der Waals surface area contributed by atoms with Crippen molar-refractivity contribution in [1.82, 2.24) is 4.90 Å². The molecule has 0 spiro atoms. The predicted molar refractivity (Wildman–Crippen MR) is 124 cm³/mol. The van der Waals surface area contributed by atoms with E-state index in [2.05, 4.69) is 4.72 Å². The average molecular weight is 447 g/mol. The molecule has 1 aliphatic heterocycles. The van der Waals surface area contributed by atoms with Gasteiger partial charge >= 0.3 is 0 Å². The second kappa shape index (κ2) is 9.88. The molecule has 0 unspecified atom stereocenters. The summed E-state index contributed by atoms with van der Waals surface area (Å²) in [6.45, 7) is 5.50. The summed E-state index contributed by atoms with van der Waals surface area (Å²) >= 11 is 1.46. The molecule has 0 atom stereocenters. The van der Waals surface area contributed by atoms with E-state index in [1.807, 2.05) is 43.2 Å². The molecule has 7 heteroatoms. The van der Waals surface area contributed by atoms with Gasteiger partial charge in [-0.25, -0.2) is 8.42 Å². The second-order valence-electron chi connectivity index (χ2n) is 7.92. The van der Waals surface area contributed by atoms with E-state index in [-0.39, 0.29) is 16.7 Å². The molecule has 1 heterocycles. The maximum Gasteiger partial charge on any atom is 0.261 e. The molecule has 0 saturated carbocycles. The molecule has 1 aliphatic rings. The van der Waals surface area contributed by atoms with Crippen molar-refractivity contribution in [2.45, 2.75) is 55.2 Å². The highest BCUT2D eigenvalue weighted by Crippen LogP contribution is 2.29. The minimum Gasteiger partial charge on any atom is -0.339 e. The third-order valence-electron chi connectivity index (χ3n) is 5.43. The highest BCUT2D eigenvalue weighted by molar-refractivity contribution is 7.98. The molecule has 2 aromatic rings. The van der Waals surface area contributed by atoms with E-state index in [0.717, 1.165) is 49.2 Å². The Balaban J connectivity index is 1.94. The molecule has 5 nitrogen and oxygen atoms in total. The van der Waals surface area contributed by atoms with Crippen LogP contribution in [-0.4, -0.2) is 38.6 Å². The van der Waals surface area contributed by atoms with Gasteiger partial charge in [-0.2, -0.15) is 0 Å². The number of carbonyl (C=O) groups excluding carboxylic acids is 1. The Labute approximate surface area is 184 Å². The lowest BCUT2D eigenvalue weighted by atomic mass is 10.0. The van der Waals surface area contributed by atoms with Crippen molar-refractivity contribution >= 4 is 33.4 Å². The van der Waals surface area contributed by atoms with Gasteiger partial charge < -0.3 is 4.90 Å². The van der Waals surface area contributed by atoms with Gasteiger partial charge in [0, 0.05) is 18.0 Å². The number of rotatable bonds is 6. The van der Waals surface area contributed by atoms with E-state index in [4.69, 9.17) is 0 Å². The summed E-state index contributed by atoms with van der Waals surface area (Å²) in [6.07, 6.45) is 6.15. The Morgan fingerprint density at radius 2 is 1.70 bits per heavy atom. The van der Waals surface area contributed by atoms with Crippen molar-refractivity contribution in [3.63, 3.8) is 0 Å². The smallest absolute Gasteiger partial charge is 0.261 e. The lowest BCUT2D eigenvalue weighted by molar-refractivity contribution is 0.0758. The van der Waals surface area contributed by atoms with Gasteiger partial charge in [-0.05, 0) is 54.8 Å². The molecule has 1 saturated heterocycles. The van der Waals surface area contributed by atoms with Crippen LogP contribution in [-0.2, 0) is 10.0 Å². The first-order chi connectivity index (χ1) is 14.3. The normalized spacial score (nSPS) is 15.1. The van der Waals surface area contributed by atoms with Crippen LogP contribution in [0, 0.1) is 0 Å². The van der Waals surface area contributed by atoms with Crippen LogP contribution in [0.15, 0.2) is 52.3 Å². The number of para-hydroxylation sites is 1. The van der Waals surface area contributed by atoms with Crippen LogP contribution < -0.4 is 4.72 Å². The first-order valence-corrected chi connectivity index (χ1v) is 13.1. The van der Waals surface area contributed by atoms with Crippen molar-refractivity contribution in [3.8, 4) is 0 Å². The number of likely N-dealkylation sites (tertiary alicyclic amines) is 1. The fourth-order valence-electron chi connectivity index (χ4n) is 3.76. The van der Waals surface area contributed by atoms with Crippen molar-refractivity contribution in [3.05, 3.63) is 53.6 Å². The molecule has 0 radical (unpaired) electrons. The summed E-state index contributed by atoms with van der Waals surface area (Å²) in [6, 6.07) is 12.2. The van der Waals surface area contributed by atoms with Gasteiger partial charge in [-0.15, -0.1) is 11.8 Å². The van der Waals surface area contributed by atoms with E-state index < -0.39 is 10.0 Å². The summed E-state index contributed by atoms with van der Waals surface area (Å²) in [5, 5.41) is 0. The zero-order valence-corrected chi connectivity index (χ0v) is 19.5. The minimum atomic E-state index is -3.82. The van der Waals surface area contributed by atoms with Crippen LogP contribution in [0.4, 0.5) is 5.69 Å². The van der Waals surface area contributed by atoms with Gasteiger partial charge in [-0.3, -0.25) is 9.52 Å². The van der Waals surface area contributed by atoms with E-state index in [1.54, 1.807) is 18.2 Å². The Kier molecular flexibility index (Phi) is 7.47. The maximum atomic E-state index is 13.2. The summed E-state index contributed by atoms with van der Waals surface area (Å²) in [5.74, 6) is 0.101. The zero-order chi connectivity index (χ0) is 21.7. The highest BCUT2D eigenvalue weighted by atomic mass is 32.2. The molecule has 162 valence electrons. The summed E-state index contributed by atoms with van der Waals surface area (Å²) in [5.41, 5.74) is 1.97. The number of sulfonamides is 1. The van der Waals surface area contributed by atoms with Crippen LogP contribution in [0.2, 0.25) is 0 Å². The molecule has 1 amide bonds. The van der Waals surface area contributed by atoms with Crippen LogP contribution in [0.1, 0.15) is 61.4 Å². The monoisotopic (exact) mass is 446 g/mol. The molecule has 0 bridgehead atoms. The molecule has 1 N–H and O–H groups in total. The fraction of sp³-hybridized carbons (Fsp3) is 0.435. The predicted octanol–water partition coefficient (Wildman–Crippen LogP) is 5.35. The molecule has 1 fully saturated rings. The van der Waals surface area contributed by atoms with E-state index in [9.17, 15) is 13.2 Å². The van der Waals surface area contributed by atoms with Crippen LogP contribution in [0.5, 0.6) is 0 Å². The zero-order valence-electron chi connectivity index (χ0n) is 17.8. The van der Waals surface area contributed by atoms with E-state index >= 15 is 0 Å². The first kappa shape index (κ1) is 22.7. The fourth-order valence-corrected chi connectivity index (χ4v) is 5.45. The van der Waals surface area contributed by atoms with Gasteiger partial charge in [0.1, 0.15) is 0 Å². The number of anilines is 1. The number of carbonyl (C=O) groups is 1. The summed E-state index contributed by atoms with van der Waals surface area (Å²) in [4.78, 5) is 16.0. The average Bonchev–Trinajstić information content (AvgIpc) is 3.02. The molecular weight excluding hydrogens is 416 g/mol. The number of nitrogens with zero attached hydrogens (tertiary/aromatic N) is 1. The minimum absolute atomic E-state index is 0.0825. The molecule has 0 aliphatic carbocycles. The first-order valence-electron chi connectivity index (χ1n) is 10.4. The Morgan fingerprint density at radius 3 is 2.33 bits per heavy atom. The number of amides is 1. The number of hydrogen-bond donors (Lipinski definition) is 1. The SMILES string of the molecule is CSc1ccc(S(=O)(=O)Nc2ccccc2C(C)C)cc1C(=O)N1CCCCCC1. The molecular formula is C23H30N2O3S2. The highest BCUT2D eigenvalue weighted by Gasteiger charge is 2.24. The number of thioether (sulfide) groups is 1. The van der Waals surface area contributed by atoms with Crippen molar-refractivity contribution in [1.29, 1.82) is 0 Å². The number of hydrogen-bond acceptors (Lipinski definition) is 4. The van der Waals surface area contributed by atoms with Gasteiger partial charge in [0.15, 0.2) is 0 Å². The summed E-state index contributed by atoms with van der Waals surface area (Å²) < 4.78 is 29.0. The van der Waals surface area contributed by atoms with Gasteiger partial charge in [0.2, 0.25) is 0 Å². The molecule has 3 rings (SSSR count). The topological polar surface area (TPSA) is 66.5 Å². The lowest BCUT2D eigenvalue weighted by Crippen LogP contribution is -2.32. The summed E-state index contributed by atoms with van der Waals surface area (Å²) in [7, 11) is -3.82. The maximum absolute atomic E-state index is 13.2. The Morgan fingerprint density at radius 1 is 1.03 bits per heavy atom. The van der Waals surface area contributed by atoms with Crippen molar-refractivity contribution in [2.75, 3.05) is 24.1 Å². The quantitative estimate of drug-likeness (QED) is 0.608. The third-order valence-corrected chi connectivity index (χ3v) is 7.59. The largest absolute Gasteiger partial charge is 0.339 e. The number of benzene rings is 2. The standard InChI is InChI=1S/C23H30N2O3S2/c1-17(2)19-10-6-7-11-21(19)24-30(27,28)18-12-13-22(29-3)20(16-18)23(26)25-14-8-4-5-9-15-25/h6-7,10-13,16-17,24H,4-5,8-9,14-15H2,1-3H3. The van der Waals surface area contributed by atoms with Crippen LogP contribution in [0.3, 0.4) is 0 Å². The lowest BCUT2D eigenvalue weighted by Gasteiger charge is -2.22. The third kappa shape index (κ3) is 5.19. The molecule has 2 aromatic carbocycles.